The van der Waals surface area contributed by atoms with Crippen molar-refractivity contribution in [1.82, 2.24) is 24.8 Å². The van der Waals surface area contributed by atoms with Gasteiger partial charge in [-0.2, -0.15) is 0 Å². The molecular formula is C29H35N7O4. The summed E-state index contributed by atoms with van der Waals surface area (Å²) in [7, 11) is 4.93. The van der Waals surface area contributed by atoms with E-state index in [9.17, 15) is 14.4 Å². The predicted molar refractivity (Wildman–Crippen MR) is 153 cm³/mol. The third kappa shape index (κ3) is 6.32. The highest BCUT2D eigenvalue weighted by Crippen LogP contribution is 2.25. The van der Waals surface area contributed by atoms with E-state index in [1.165, 1.54) is 11.2 Å². The smallest absolute Gasteiger partial charge is 0.249 e. The van der Waals surface area contributed by atoms with Gasteiger partial charge in [-0.25, -0.2) is 4.98 Å². The lowest BCUT2D eigenvalue weighted by Gasteiger charge is -2.23. The first kappa shape index (κ1) is 28.4. The minimum absolute atomic E-state index is 0.171. The number of hydrogen-bond donors (Lipinski definition) is 4. The first-order valence-corrected chi connectivity index (χ1v) is 12.8. The number of ether oxygens (including phenoxy) is 1. The predicted octanol–water partition coefficient (Wildman–Crippen LogP) is 2.45. The van der Waals surface area contributed by atoms with Gasteiger partial charge in [-0.3, -0.25) is 14.4 Å². The van der Waals surface area contributed by atoms with Crippen LogP contribution in [0.5, 0.6) is 5.75 Å². The van der Waals surface area contributed by atoms with Crippen molar-refractivity contribution >= 4 is 34.4 Å². The van der Waals surface area contributed by atoms with E-state index in [4.69, 9.17) is 10.5 Å². The van der Waals surface area contributed by atoms with Crippen LogP contribution in [0.1, 0.15) is 31.0 Å². The van der Waals surface area contributed by atoms with E-state index >= 15 is 0 Å². The number of amides is 3. The van der Waals surface area contributed by atoms with Crippen LogP contribution in [0.15, 0.2) is 67.3 Å². The summed E-state index contributed by atoms with van der Waals surface area (Å²) in [5.74, 6) is -0.195. The zero-order chi connectivity index (χ0) is 29.0. The van der Waals surface area contributed by atoms with Gasteiger partial charge >= 0.3 is 0 Å². The van der Waals surface area contributed by atoms with E-state index in [0.29, 0.717) is 5.75 Å². The second kappa shape index (κ2) is 11.6. The van der Waals surface area contributed by atoms with Gasteiger partial charge in [0.1, 0.15) is 17.8 Å². The van der Waals surface area contributed by atoms with Gasteiger partial charge in [-0.15, -0.1) is 0 Å². The van der Waals surface area contributed by atoms with Crippen LogP contribution < -0.4 is 21.1 Å². The van der Waals surface area contributed by atoms with Crippen molar-refractivity contribution in [2.75, 3.05) is 26.5 Å². The van der Waals surface area contributed by atoms with Crippen molar-refractivity contribution in [3.63, 3.8) is 0 Å². The Hall–Kier alpha value is -4.64. The van der Waals surface area contributed by atoms with E-state index in [1.807, 2.05) is 42.6 Å². The zero-order valence-corrected chi connectivity index (χ0v) is 23.3. The lowest BCUT2D eigenvalue weighted by Crippen LogP contribution is -2.55. The number of anilines is 1. The molecule has 0 radical (unpaired) electrons. The van der Waals surface area contributed by atoms with Crippen molar-refractivity contribution in [3.8, 4) is 5.75 Å². The van der Waals surface area contributed by atoms with Crippen LogP contribution in [0.3, 0.4) is 0 Å². The summed E-state index contributed by atoms with van der Waals surface area (Å²) in [5, 5.41) is 6.53. The van der Waals surface area contributed by atoms with Gasteiger partial charge in [0.15, 0.2) is 5.82 Å². The highest BCUT2D eigenvalue weighted by molar-refractivity contribution is 5.98. The lowest BCUT2D eigenvalue weighted by atomic mass is 10.0. The standard InChI is InChI=1S/C29H35N7O4/c1-29(2,30)28(39)33-23(14-19-15-31-22-9-7-6-8-21(19)22)26(37)34-24-16-36(17-32-24)25(27(38)35(3)4)18-10-12-20(40-5)13-11-18/h6-13,15-17,23,25,31H,14,30H2,1-5H3,(H,33,39)(H,34,37)/t23-,25?/m1/s1. The molecule has 0 spiro atoms. The molecular weight excluding hydrogens is 510 g/mol. The molecule has 3 amide bonds. The van der Waals surface area contributed by atoms with Gasteiger partial charge < -0.3 is 35.6 Å². The number of likely N-dealkylation sites (N-methyl/N-ethyl adjacent to an activating group) is 1. The van der Waals surface area contributed by atoms with Gasteiger partial charge in [-0.1, -0.05) is 30.3 Å². The summed E-state index contributed by atoms with van der Waals surface area (Å²) in [6.45, 7) is 3.15. The maximum atomic E-state index is 13.5. The molecule has 4 rings (SSSR count). The summed E-state index contributed by atoms with van der Waals surface area (Å²) in [5.41, 5.74) is 7.34. The molecule has 0 fully saturated rings. The Morgan fingerprint density at radius 1 is 1.12 bits per heavy atom. The SMILES string of the molecule is COc1ccc(C(C(=O)N(C)C)n2cnc(NC(=O)[C@@H](Cc3c[nH]c4ccccc34)NC(=O)C(C)(C)N)c2)cc1. The van der Waals surface area contributed by atoms with Crippen LogP contribution in [0.4, 0.5) is 5.82 Å². The first-order valence-electron chi connectivity index (χ1n) is 12.8. The normalized spacial score (nSPS) is 12.9. The molecule has 5 N–H and O–H groups in total. The number of nitrogens with two attached hydrogens (primary N) is 1. The van der Waals surface area contributed by atoms with Crippen molar-refractivity contribution in [1.29, 1.82) is 0 Å². The molecule has 1 unspecified atom stereocenters. The van der Waals surface area contributed by atoms with Gasteiger partial charge in [0.25, 0.3) is 0 Å². The number of aromatic amines is 1. The molecule has 40 heavy (non-hydrogen) atoms. The first-order chi connectivity index (χ1) is 19.0. The van der Waals surface area contributed by atoms with Crippen LogP contribution in [0.25, 0.3) is 10.9 Å². The van der Waals surface area contributed by atoms with Gasteiger partial charge in [0.05, 0.1) is 19.0 Å². The number of imidazole rings is 1. The van der Waals surface area contributed by atoms with Crippen molar-refractivity contribution in [2.45, 2.75) is 37.9 Å². The molecule has 0 saturated carbocycles. The van der Waals surface area contributed by atoms with Crippen molar-refractivity contribution in [3.05, 3.63) is 78.4 Å². The number of fused-ring (bicyclic) bond motifs is 1. The summed E-state index contributed by atoms with van der Waals surface area (Å²) >= 11 is 0. The maximum absolute atomic E-state index is 13.5. The molecule has 210 valence electrons. The molecule has 0 aliphatic carbocycles. The van der Waals surface area contributed by atoms with E-state index in [2.05, 4.69) is 20.6 Å². The van der Waals surface area contributed by atoms with Crippen molar-refractivity contribution in [2.24, 2.45) is 5.73 Å². The van der Waals surface area contributed by atoms with Gasteiger partial charge in [-0.05, 0) is 43.2 Å². The Kier molecular flexibility index (Phi) is 8.24. The third-order valence-corrected chi connectivity index (χ3v) is 6.56. The minimum Gasteiger partial charge on any atom is -0.497 e. The van der Waals surface area contributed by atoms with Crippen LogP contribution in [0.2, 0.25) is 0 Å². The number of hydrogen-bond acceptors (Lipinski definition) is 6. The second-order valence-corrected chi connectivity index (χ2v) is 10.4. The van der Waals surface area contributed by atoms with Gasteiger partial charge in [0.2, 0.25) is 17.7 Å². The molecule has 2 heterocycles. The Bertz CT molecular complexity index is 1500. The monoisotopic (exact) mass is 545 g/mol. The average Bonchev–Trinajstić information content (AvgIpc) is 3.55. The fourth-order valence-electron chi connectivity index (χ4n) is 4.30. The molecule has 11 heteroatoms. The third-order valence-electron chi connectivity index (χ3n) is 6.56. The molecule has 4 aromatic rings. The summed E-state index contributed by atoms with van der Waals surface area (Å²) in [4.78, 5) is 48.4. The summed E-state index contributed by atoms with van der Waals surface area (Å²) in [6, 6.07) is 13.3. The molecule has 0 aliphatic heterocycles. The Morgan fingerprint density at radius 2 is 1.82 bits per heavy atom. The number of H-pyrrole nitrogens is 1. The topological polar surface area (TPSA) is 147 Å². The summed E-state index contributed by atoms with van der Waals surface area (Å²) in [6.07, 6.45) is 5.13. The number of benzene rings is 2. The quantitative estimate of drug-likeness (QED) is 0.241. The highest BCUT2D eigenvalue weighted by Gasteiger charge is 2.30. The summed E-state index contributed by atoms with van der Waals surface area (Å²) < 4.78 is 6.88. The van der Waals surface area contributed by atoms with Gasteiger partial charge in [0, 0.05) is 43.8 Å². The van der Waals surface area contributed by atoms with Crippen LogP contribution in [-0.2, 0) is 20.8 Å². The highest BCUT2D eigenvalue weighted by atomic mass is 16.5. The number of aromatic nitrogens is 3. The average molecular weight is 546 g/mol. The number of nitrogens with zero attached hydrogens (tertiary/aromatic N) is 3. The fraction of sp³-hybridized carbons (Fsp3) is 0.310. The number of carbonyl (C=O) groups excluding carboxylic acids is 3. The molecule has 2 aromatic heterocycles. The van der Waals surface area contributed by atoms with E-state index in [-0.39, 0.29) is 18.1 Å². The molecule has 11 nitrogen and oxygen atoms in total. The van der Waals surface area contributed by atoms with Crippen LogP contribution >= 0.6 is 0 Å². The molecule has 2 aromatic carbocycles. The van der Waals surface area contributed by atoms with Crippen molar-refractivity contribution < 1.29 is 19.1 Å². The number of para-hydroxylation sites is 1. The van der Waals surface area contributed by atoms with E-state index < -0.39 is 29.4 Å². The van der Waals surface area contributed by atoms with E-state index in [0.717, 1.165) is 22.0 Å². The van der Waals surface area contributed by atoms with E-state index in [1.54, 1.807) is 57.9 Å². The Morgan fingerprint density at radius 3 is 2.48 bits per heavy atom. The minimum atomic E-state index is -1.18. The second-order valence-electron chi connectivity index (χ2n) is 10.4. The maximum Gasteiger partial charge on any atom is 0.249 e. The number of nitrogens with one attached hydrogen (secondary N) is 3. The molecule has 0 aliphatic rings. The zero-order valence-electron chi connectivity index (χ0n) is 23.3. The largest absolute Gasteiger partial charge is 0.497 e. The molecule has 2 atom stereocenters. The van der Waals surface area contributed by atoms with Crippen LogP contribution in [-0.4, -0.2) is 69.9 Å². The molecule has 0 saturated heterocycles. The number of methoxy groups -OCH3 is 1. The Labute approximate surface area is 232 Å². The lowest BCUT2D eigenvalue weighted by molar-refractivity contribution is -0.131. The fourth-order valence-corrected chi connectivity index (χ4v) is 4.30. The Balaban J connectivity index is 1.59. The number of carbonyl (C=O) groups is 3. The molecule has 0 bridgehead atoms. The van der Waals surface area contributed by atoms with Crippen LogP contribution in [0, 0.1) is 0 Å². The number of rotatable bonds is 10.